The lowest BCUT2D eigenvalue weighted by molar-refractivity contribution is -0.122. The molecular formula is C9H13N3O. The monoisotopic (exact) mass is 179 g/mol. The fraction of sp³-hybridized carbons (Fsp3) is 0.333. The number of hydrogen-bond donors (Lipinski definition) is 2. The Labute approximate surface area is 77.4 Å². The lowest BCUT2D eigenvalue weighted by Gasteiger charge is -2.11. The third-order valence-electron chi connectivity index (χ3n) is 1.52. The van der Waals surface area contributed by atoms with E-state index in [0.29, 0.717) is 11.7 Å². The van der Waals surface area contributed by atoms with Gasteiger partial charge in [-0.25, -0.2) is 4.99 Å². The quantitative estimate of drug-likeness (QED) is 0.624. The van der Waals surface area contributed by atoms with Crippen molar-refractivity contribution in [3.05, 3.63) is 24.7 Å². The molecule has 1 heterocycles. The van der Waals surface area contributed by atoms with Crippen molar-refractivity contribution in [3.8, 4) is 0 Å². The van der Waals surface area contributed by atoms with Crippen LogP contribution in [0.3, 0.4) is 0 Å². The third-order valence-corrected chi connectivity index (χ3v) is 1.52. The van der Waals surface area contributed by atoms with Gasteiger partial charge in [-0.3, -0.25) is 4.79 Å². The van der Waals surface area contributed by atoms with Crippen LogP contribution >= 0.6 is 0 Å². The molecule has 13 heavy (non-hydrogen) atoms. The Kier molecular flexibility index (Phi) is 2.84. The number of rotatable bonds is 1. The molecule has 0 radical (unpaired) electrons. The van der Waals surface area contributed by atoms with Crippen LogP contribution in [-0.4, -0.2) is 11.7 Å². The van der Waals surface area contributed by atoms with Crippen LogP contribution in [0.2, 0.25) is 0 Å². The highest BCUT2D eigenvalue weighted by Crippen LogP contribution is 1.97. The Balaban J connectivity index is 2.59. The second-order valence-corrected chi connectivity index (χ2v) is 3.07. The minimum atomic E-state index is -0.0434. The van der Waals surface area contributed by atoms with Crippen LogP contribution in [0.15, 0.2) is 29.7 Å². The summed E-state index contributed by atoms with van der Waals surface area (Å²) < 4.78 is 0. The molecule has 4 nitrogen and oxygen atoms in total. The van der Waals surface area contributed by atoms with Crippen LogP contribution in [0.1, 0.15) is 13.8 Å². The summed E-state index contributed by atoms with van der Waals surface area (Å²) in [4.78, 5) is 15.2. The minimum Gasteiger partial charge on any atom is -0.347 e. The molecule has 0 aromatic heterocycles. The van der Waals surface area contributed by atoms with Gasteiger partial charge < -0.3 is 10.6 Å². The zero-order chi connectivity index (χ0) is 9.84. The zero-order valence-corrected chi connectivity index (χ0v) is 7.79. The SMILES string of the molecule is C=C1N=C(NC(=O)C(C)C)C=CN1. The highest BCUT2D eigenvalue weighted by molar-refractivity contribution is 6.05. The lowest BCUT2D eigenvalue weighted by Crippen LogP contribution is -2.34. The van der Waals surface area contributed by atoms with Crippen molar-refractivity contribution in [2.45, 2.75) is 13.8 Å². The number of nitrogens with zero attached hydrogens (tertiary/aromatic N) is 1. The van der Waals surface area contributed by atoms with Crippen LogP contribution in [0.4, 0.5) is 0 Å². The average molecular weight is 179 g/mol. The average Bonchev–Trinajstić information content (AvgIpc) is 2.04. The van der Waals surface area contributed by atoms with E-state index < -0.39 is 0 Å². The Bertz CT molecular complexity index is 289. The Morgan fingerprint density at radius 3 is 2.92 bits per heavy atom. The molecule has 70 valence electrons. The van der Waals surface area contributed by atoms with Crippen LogP contribution < -0.4 is 10.6 Å². The summed E-state index contributed by atoms with van der Waals surface area (Å²) in [6.45, 7) is 7.27. The Hall–Kier alpha value is -1.58. The van der Waals surface area contributed by atoms with E-state index in [0.717, 1.165) is 0 Å². The second kappa shape index (κ2) is 3.89. The topological polar surface area (TPSA) is 53.5 Å². The maximum Gasteiger partial charge on any atom is 0.228 e. The Morgan fingerprint density at radius 2 is 2.38 bits per heavy atom. The van der Waals surface area contributed by atoms with Crippen molar-refractivity contribution in [2.75, 3.05) is 0 Å². The molecule has 0 spiro atoms. The standard InChI is InChI=1S/C9H13N3O/c1-6(2)9(13)12-8-4-5-10-7(3)11-8/h4-6,10H,3H2,1-2H3,(H,11,12,13). The predicted molar refractivity (Wildman–Crippen MR) is 51.8 cm³/mol. The van der Waals surface area contributed by atoms with E-state index in [1.165, 1.54) is 0 Å². The van der Waals surface area contributed by atoms with E-state index in [-0.39, 0.29) is 11.8 Å². The number of amidine groups is 1. The van der Waals surface area contributed by atoms with E-state index in [1.54, 1.807) is 12.3 Å². The smallest absolute Gasteiger partial charge is 0.228 e. The van der Waals surface area contributed by atoms with Gasteiger partial charge in [-0.1, -0.05) is 20.4 Å². The first-order valence-electron chi connectivity index (χ1n) is 4.11. The predicted octanol–water partition coefficient (Wildman–Crippen LogP) is 0.745. The van der Waals surface area contributed by atoms with Crippen molar-refractivity contribution in [3.63, 3.8) is 0 Å². The fourth-order valence-electron chi connectivity index (χ4n) is 0.772. The van der Waals surface area contributed by atoms with Crippen molar-refractivity contribution in [1.29, 1.82) is 0 Å². The molecule has 0 fully saturated rings. The summed E-state index contributed by atoms with van der Waals surface area (Å²) in [5, 5.41) is 5.47. The second-order valence-electron chi connectivity index (χ2n) is 3.07. The van der Waals surface area contributed by atoms with Gasteiger partial charge in [0, 0.05) is 12.1 Å². The zero-order valence-electron chi connectivity index (χ0n) is 7.79. The molecule has 2 N–H and O–H groups in total. The van der Waals surface area contributed by atoms with Gasteiger partial charge in [0.2, 0.25) is 5.91 Å². The van der Waals surface area contributed by atoms with Crippen molar-refractivity contribution < 1.29 is 4.79 Å². The summed E-state index contributed by atoms with van der Waals surface area (Å²) >= 11 is 0. The first kappa shape index (κ1) is 9.51. The first-order valence-corrected chi connectivity index (χ1v) is 4.11. The molecule has 1 rings (SSSR count). The molecule has 0 unspecified atom stereocenters. The van der Waals surface area contributed by atoms with Gasteiger partial charge in [-0.2, -0.15) is 0 Å². The van der Waals surface area contributed by atoms with Crippen molar-refractivity contribution in [1.82, 2.24) is 10.6 Å². The van der Waals surface area contributed by atoms with E-state index >= 15 is 0 Å². The molecule has 0 saturated heterocycles. The molecule has 0 aromatic carbocycles. The summed E-state index contributed by atoms with van der Waals surface area (Å²) in [5.74, 6) is 0.973. The number of amides is 1. The lowest BCUT2D eigenvalue weighted by atomic mass is 10.2. The van der Waals surface area contributed by atoms with Gasteiger partial charge in [-0.15, -0.1) is 0 Å². The fourth-order valence-corrected chi connectivity index (χ4v) is 0.772. The number of carbonyl (C=O) groups is 1. The van der Waals surface area contributed by atoms with Gasteiger partial charge in [0.25, 0.3) is 0 Å². The third kappa shape index (κ3) is 2.74. The molecule has 1 aliphatic heterocycles. The number of carbonyl (C=O) groups excluding carboxylic acids is 1. The highest BCUT2D eigenvalue weighted by Gasteiger charge is 2.09. The van der Waals surface area contributed by atoms with E-state index in [9.17, 15) is 4.79 Å². The van der Waals surface area contributed by atoms with Gasteiger partial charge in [0.15, 0.2) is 0 Å². The van der Waals surface area contributed by atoms with Crippen LogP contribution in [-0.2, 0) is 4.79 Å². The molecule has 0 aromatic rings. The highest BCUT2D eigenvalue weighted by atomic mass is 16.1. The number of nitrogens with one attached hydrogen (secondary N) is 2. The van der Waals surface area contributed by atoms with Crippen LogP contribution in [0.5, 0.6) is 0 Å². The molecule has 0 bridgehead atoms. The normalized spacial score (nSPS) is 15.3. The van der Waals surface area contributed by atoms with Crippen molar-refractivity contribution in [2.24, 2.45) is 10.9 Å². The van der Waals surface area contributed by atoms with Crippen LogP contribution in [0, 0.1) is 5.92 Å². The molecule has 1 aliphatic rings. The maximum atomic E-state index is 11.2. The minimum absolute atomic E-state index is 0.0424. The van der Waals surface area contributed by atoms with Gasteiger partial charge in [0.1, 0.15) is 11.7 Å². The molecule has 0 saturated carbocycles. The summed E-state index contributed by atoms with van der Waals surface area (Å²) in [6, 6.07) is 0. The van der Waals surface area contributed by atoms with Gasteiger partial charge in [0.05, 0.1) is 0 Å². The summed E-state index contributed by atoms with van der Waals surface area (Å²) in [7, 11) is 0. The molecule has 0 atom stereocenters. The molecule has 0 aliphatic carbocycles. The van der Waals surface area contributed by atoms with Crippen LogP contribution in [0.25, 0.3) is 0 Å². The number of aliphatic imine (C=N–C) groups is 1. The van der Waals surface area contributed by atoms with Crippen molar-refractivity contribution >= 4 is 11.7 Å². The molecule has 4 heteroatoms. The van der Waals surface area contributed by atoms with E-state index in [4.69, 9.17) is 0 Å². The summed E-state index contributed by atoms with van der Waals surface area (Å²) in [6.07, 6.45) is 3.38. The molecule has 1 amide bonds. The largest absolute Gasteiger partial charge is 0.347 e. The van der Waals surface area contributed by atoms with E-state index in [2.05, 4.69) is 22.2 Å². The Morgan fingerprint density at radius 1 is 1.69 bits per heavy atom. The first-order chi connectivity index (χ1) is 6.09. The summed E-state index contributed by atoms with van der Waals surface area (Å²) in [5.41, 5.74) is 0. The molecular weight excluding hydrogens is 166 g/mol. The van der Waals surface area contributed by atoms with Gasteiger partial charge in [-0.05, 0) is 6.08 Å². The number of hydrogen-bond acceptors (Lipinski definition) is 3. The van der Waals surface area contributed by atoms with E-state index in [1.807, 2.05) is 13.8 Å². The van der Waals surface area contributed by atoms with Gasteiger partial charge >= 0.3 is 0 Å². The maximum absolute atomic E-state index is 11.2.